The van der Waals surface area contributed by atoms with E-state index in [1.807, 2.05) is 59.5 Å². The molecule has 0 aliphatic carbocycles. The van der Waals surface area contributed by atoms with Gasteiger partial charge in [-0.05, 0) is 60.0 Å². The summed E-state index contributed by atoms with van der Waals surface area (Å²) in [4.78, 5) is 30.2. The Balaban J connectivity index is 1.37. The van der Waals surface area contributed by atoms with Gasteiger partial charge in [-0.2, -0.15) is 0 Å². The van der Waals surface area contributed by atoms with E-state index in [0.29, 0.717) is 19.4 Å². The molecule has 2 amide bonds. The summed E-state index contributed by atoms with van der Waals surface area (Å²) in [7, 11) is -0.560. The predicted molar refractivity (Wildman–Crippen MR) is 170 cm³/mol. The molecule has 0 aromatic heterocycles. The molecule has 3 aromatic carbocycles. The van der Waals surface area contributed by atoms with Gasteiger partial charge < -0.3 is 24.4 Å². The Morgan fingerprint density at radius 3 is 2.38 bits per heavy atom. The van der Waals surface area contributed by atoms with Crippen LogP contribution in [-0.2, 0) is 26.5 Å². The summed E-state index contributed by atoms with van der Waals surface area (Å²) in [5.41, 5.74) is 2.53. The third kappa shape index (κ3) is 4.52. The summed E-state index contributed by atoms with van der Waals surface area (Å²) in [6.45, 7) is 7.97. The first-order valence-electron chi connectivity index (χ1n) is 14.6. The molecule has 7 nitrogen and oxygen atoms in total. The average molecular weight is 650 g/mol. The van der Waals surface area contributed by atoms with Crippen LogP contribution < -0.4 is 19.7 Å². The van der Waals surface area contributed by atoms with Gasteiger partial charge in [0.05, 0.1) is 33.5 Å². The molecule has 3 aromatic rings. The highest BCUT2D eigenvalue weighted by atomic mass is 79.9. The van der Waals surface area contributed by atoms with Crippen molar-refractivity contribution >= 4 is 52.4 Å². The zero-order valence-corrected chi connectivity index (χ0v) is 27.1. The molecule has 220 valence electrons. The minimum atomic E-state index is -2.23. The number of aliphatic hydroxyl groups excluding tert-OH is 1. The van der Waals surface area contributed by atoms with Gasteiger partial charge in [0.1, 0.15) is 5.75 Å². The van der Waals surface area contributed by atoms with E-state index in [4.69, 9.17) is 9.47 Å². The molecule has 3 aliphatic heterocycles. The van der Waals surface area contributed by atoms with Gasteiger partial charge in [-0.1, -0.05) is 65.4 Å². The number of hydrogen-bond acceptors (Lipinski definition) is 5. The molecular formula is C33H37BrN2O5Si. The Bertz CT molecular complexity index is 1510. The van der Waals surface area contributed by atoms with Crippen LogP contribution in [0.25, 0.3) is 0 Å². The number of carbonyl (C=O) groups is 2. The van der Waals surface area contributed by atoms with Gasteiger partial charge in [0.2, 0.25) is 5.91 Å². The molecule has 1 spiro atoms. The molecule has 0 radical (unpaired) electrons. The SMILES string of the molecule is COc1ccc([Si](C)(C)[C@H]2[C@H](CCO)O[C@@]3(C(=O)N(Cc4ccc(N5CCC5=O)cc4)c4ccc(Br)cc43)[C@@H]2C)cc1. The number of amides is 2. The van der Waals surface area contributed by atoms with Crippen molar-refractivity contribution in [2.45, 2.75) is 56.7 Å². The maximum absolute atomic E-state index is 14.7. The van der Waals surface area contributed by atoms with Crippen LogP contribution in [0.2, 0.25) is 18.6 Å². The summed E-state index contributed by atoms with van der Waals surface area (Å²) in [5, 5.41) is 11.4. The summed E-state index contributed by atoms with van der Waals surface area (Å²) in [5.74, 6) is 0.769. The lowest BCUT2D eigenvalue weighted by Gasteiger charge is -2.37. The Hall–Kier alpha value is -2.98. The van der Waals surface area contributed by atoms with E-state index >= 15 is 0 Å². The van der Waals surface area contributed by atoms with Crippen molar-refractivity contribution in [3.05, 3.63) is 82.3 Å². The number of fused-ring (bicyclic) bond motifs is 2. The monoisotopic (exact) mass is 648 g/mol. The van der Waals surface area contributed by atoms with Crippen molar-refractivity contribution in [2.75, 3.05) is 30.1 Å². The molecule has 0 saturated carbocycles. The molecule has 1 N–H and O–H groups in total. The highest BCUT2D eigenvalue weighted by Gasteiger charge is 2.66. The quantitative estimate of drug-likeness (QED) is 0.264. The molecule has 4 atom stereocenters. The molecule has 0 bridgehead atoms. The Kier molecular flexibility index (Phi) is 7.58. The number of rotatable bonds is 8. The fourth-order valence-electron chi connectivity index (χ4n) is 7.39. The molecule has 0 unspecified atom stereocenters. The van der Waals surface area contributed by atoms with E-state index < -0.39 is 13.7 Å². The molecule has 2 saturated heterocycles. The minimum absolute atomic E-state index is 0.00776. The topological polar surface area (TPSA) is 79.3 Å². The van der Waals surface area contributed by atoms with Crippen LogP contribution in [-0.4, -0.2) is 51.4 Å². The first-order chi connectivity index (χ1) is 20.1. The highest BCUT2D eigenvalue weighted by molar-refractivity contribution is 9.10. The van der Waals surface area contributed by atoms with Gasteiger partial charge in [-0.25, -0.2) is 0 Å². The van der Waals surface area contributed by atoms with Crippen LogP contribution in [0.5, 0.6) is 5.75 Å². The number of aliphatic hydroxyl groups is 1. The zero-order chi connectivity index (χ0) is 29.8. The molecule has 3 heterocycles. The number of benzene rings is 3. The summed E-state index contributed by atoms with van der Waals surface area (Å²) in [6.07, 6.45) is 0.793. The van der Waals surface area contributed by atoms with E-state index in [1.165, 1.54) is 5.19 Å². The molecule has 2 fully saturated rings. The van der Waals surface area contributed by atoms with Crippen LogP contribution in [0.1, 0.15) is 30.9 Å². The first-order valence-corrected chi connectivity index (χ1v) is 18.4. The standard InChI is InChI=1S/C33H37BrN2O5Si/c1-21-31(42(3,4)26-12-10-25(40-2)11-13-26)29(16-18-37)41-33(21)27-19-23(34)7-14-28(27)36(32(33)39)20-22-5-8-24(9-6-22)35-17-15-30(35)38/h5-14,19,21,29,31,37H,15-18,20H2,1-4H3/t21-,29+,31-,33+/m1/s1. The van der Waals surface area contributed by atoms with Crippen LogP contribution in [0.3, 0.4) is 0 Å². The van der Waals surface area contributed by atoms with Crippen LogP contribution in [0.4, 0.5) is 11.4 Å². The third-order valence-electron chi connectivity index (χ3n) is 9.65. The van der Waals surface area contributed by atoms with E-state index in [-0.39, 0.29) is 36.0 Å². The summed E-state index contributed by atoms with van der Waals surface area (Å²) < 4.78 is 13.3. The maximum atomic E-state index is 14.7. The summed E-state index contributed by atoms with van der Waals surface area (Å²) >= 11 is 3.65. The van der Waals surface area contributed by atoms with Crippen molar-refractivity contribution in [1.29, 1.82) is 0 Å². The van der Waals surface area contributed by atoms with E-state index in [1.54, 1.807) is 12.0 Å². The highest BCUT2D eigenvalue weighted by Crippen LogP contribution is 2.60. The van der Waals surface area contributed by atoms with Gasteiger partial charge in [0, 0.05) is 41.2 Å². The molecule has 9 heteroatoms. The van der Waals surface area contributed by atoms with E-state index in [0.717, 1.165) is 39.3 Å². The third-order valence-corrected chi connectivity index (χ3v) is 14.5. The van der Waals surface area contributed by atoms with Crippen molar-refractivity contribution in [2.24, 2.45) is 5.92 Å². The summed E-state index contributed by atoms with van der Waals surface area (Å²) in [6, 6.07) is 22.2. The minimum Gasteiger partial charge on any atom is -0.497 e. The molecular weight excluding hydrogens is 612 g/mol. The molecule has 42 heavy (non-hydrogen) atoms. The number of nitrogens with zero attached hydrogens (tertiary/aromatic N) is 2. The van der Waals surface area contributed by atoms with Crippen molar-refractivity contribution in [1.82, 2.24) is 0 Å². The number of anilines is 2. The lowest BCUT2D eigenvalue weighted by molar-refractivity contribution is -0.146. The van der Waals surface area contributed by atoms with E-state index in [2.05, 4.69) is 48.1 Å². The van der Waals surface area contributed by atoms with Gasteiger partial charge >= 0.3 is 0 Å². The number of β-lactam (4-membered cyclic amide) rings is 1. The smallest absolute Gasteiger partial charge is 0.264 e. The van der Waals surface area contributed by atoms with E-state index in [9.17, 15) is 14.7 Å². The van der Waals surface area contributed by atoms with Crippen molar-refractivity contribution < 1.29 is 24.2 Å². The van der Waals surface area contributed by atoms with Crippen LogP contribution >= 0.6 is 15.9 Å². The van der Waals surface area contributed by atoms with Gasteiger partial charge in [0.25, 0.3) is 5.91 Å². The Morgan fingerprint density at radius 2 is 1.79 bits per heavy atom. The lowest BCUT2D eigenvalue weighted by Crippen LogP contribution is -2.51. The lowest BCUT2D eigenvalue weighted by atomic mass is 9.82. The van der Waals surface area contributed by atoms with Crippen molar-refractivity contribution in [3.8, 4) is 5.75 Å². The first kappa shape index (κ1) is 29.1. The largest absolute Gasteiger partial charge is 0.497 e. The van der Waals surface area contributed by atoms with Gasteiger partial charge in [-0.15, -0.1) is 0 Å². The Labute approximate surface area is 256 Å². The van der Waals surface area contributed by atoms with Gasteiger partial charge in [-0.3, -0.25) is 9.59 Å². The second kappa shape index (κ2) is 10.9. The van der Waals surface area contributed by atoms with Crippen LogP contribution in [0.15, 0.2) is 71.2 Å². The second-order valence-corrected chi connectivity index (χ2v) is 17.8. The number of halogens is 1. The molecule has 3 aliphatic rings. The normalized spacial score (nSPS) is 25.2. The fourth-order valence-corrected chi connectivity index (χ4v) is 11.8. The number of ether oxygens (including phenoxy) is 2. The second-order valence-electron chi connectivity index (χ2n) is 12.2. The van der Waals surface area contributed by atoms with Crippen molar-refractivity contribution in [3.63, 3.8) is 0 Å². The van der Waals surface area contributed by atoms with Crippen LogP contribution in [0, 0.1) is 5.92 Å². The fraction of sp³-hybridized carbons (Fsp3) is 0.394. The predicted octanol–water partition coefficient (Wildman–Crippen LogP) is 5.34. The number of methoxy groups -OCH3 is 1. The number of hydrogen-bond donors (Lipinski definition) is 1. The van der Waals surface area contributed by atoms with Gasteiger partial charge in [0.15, 0.2) is 5.60 Å². The average Bonchev–Trinajstić information content (AvgIpc) is 3.40. The number of carbonyl (C=O) groups excluding carboxylic acids is 2. The Morgan fingerprint density at radius 1 is 1.07 bits per heavy atom. The maximum Gasteiger partial charge on any atom is 0.264 e. The molecule has 6 rings (SSSR count). The zero-order valence-electron chi connectivity index (χ0n) is 24.5.